The molecule has 9 atom stereocenters. The molecule has 0 spiro atoms. The van der Waals surface area contributed by atoms with Crippen molar-refractivity contribution in [3.63, 3.8) is 0 Å². The Kier molecular flexibility index (Phi) is 30.7. The molecule has 9 unspecified atom stereocenters. The molecule has 0 N–H and O–H groups in total. The van der Waals surface area contributed by atoms with Crippen molar-refractivity contribution in [2.45, 2.75) is 133 Å². The summed E-state index contributed by atoms with van der Waals surface area (Å²) in [4.78, 5) is 0. The average Bonchev–Trinajstić information content (AvgIpc) is 3.37. The number of hydrogen-bond acceptors (Lipinski definition) is 10. The summed E-state index contributed by atoms with van der Waals surface area (Å²) in [5.41, 5.74) is 2.03. The largest absolute Gasteiger partial charge is 1.00 e. The van der Waals surface area contributed by atoms with Gasteiger partial charge in [-0.25, -0.2) is 0 Å². The molecule has 4 heterocycles. The summed E-state index contributed by atoms with van der Waals surface area (Å²) in [6.45, 7) is 13.2. The van der Waals surface area contributed by atoms with E-state index in [1.54, 1.807) is 0 Å². The molecule has 68 heavy (non-hydrogen) atoms. The Morgan fingerprint density at radius 2 is 0.779 bits per heavy atom. The third-order valence-electron chi connectivity index (χ3n) is 14.3. The molecular weight excluding hydrogens is 1060 g/mol. The number of para-hydroxylation sites is 1. The quantitative estimate of drug-likeness (QED) is 0.0587. The van der Waals surface area contributed by atoms with Gasteiger partial charge in [0.2, 0.25) is 0 Å². The Bertz CT molecular complexity index is 1420. The van der Waals surface area contributed by atoms with E-state index in [4.69, 9.17) is 63.3 Å². The van der Waals surface area contributed by atoms with Crippen molar-refractivity contribution in [2.24, 2.45) is 17.8 Å². The van der Waals surface area contributed by atoms with E-state index in [9.17, 15) is 0 Å². The zero-order chi connectivity index (χ0) is 45.1. The summed E-state index contributed by atoms with van der Waals surface area (Å²) in [7, 11) is 0. The Morgan fingerprint density at radius 1 is 0.412 bits per heavy atom. The van der Waals surface area contributed by atoms with Crippen LogP contribution in [0.1, 0.15) is 102 Å². The van der Waals surface area contributed by atoms with E-state index >= 15 is 0 Å². The van der Waals surface area contributed by atoms with Crippen molar-refractivity contribution in [3.8, 4) is 5.75 Å². The van der Waals surface area contributed by atoms with Gasteiger partial charge < -0.3 is 68.6 Å². The first-order valence-corrected chi connectivity index (χ1v) is 26.2. The Balaban J connectivity index is 0.000000247. The summed E-state index contributed by atoms with van der Waals surface area (Å²) in [5.74, 6) is 3.08. The molecule has 6 fully saturated rings. The molecule has 7 aliphatic rings. The molecule has 8 rings (SSSR count). The topological polar surface area (TPSA) is 149 Å². The number of hydrogen-bond donors (Lipinski definition) is 0. The number of fused-ring (bicyclic) bond motifs is 4. The van der Waals surface area contributed by atoms with Crippen LogP contribution in [-0.4, -0.2) is 168 Å². The second-order valence-electron chi connectivity index (χ2n) is 18.9. The summed E-state index contributed by atoms with van der Waals surface area (Å²) >= 11 is 0. The minimum absolute atomic E-state index is 0. The number of piperidine rings is 3. The Labute approximate surface area is 440 Å². The summed E-state index contributed by atoms with van der Waals surface area (Å²) in [6.07, 6.45) is 24.0. The first-order valence-electron chi connectivity index (χ1n) is 26.2. The smallest absolute Gasteiger partial charge is 0.678 e. The van der Waals surface area contributed by atoms with Crippen LogP contribution in [0.4, 0.5) is 5.69 Å². The Hall–Kier alpha value is -0.439. The fourth-order valence-electron chi connectivity index (χ4n) is 11.1. The zero-order valence-electron chi connectivity index (χ0n) is 40.8. The van der Waals surface area contributed by atoms with Gasteiger partial charge in [0.15, 0.2) is 0 Å². The molecule has 16 heteroatoms. The van der Waals surface area contributed by atoms with Gasteiger partial charge >= 0.3 is 44.8 Å². The van der Waals surface area contributed by atoms with Crippen molar-refractivity contribution in [1.29, 1.82) is 0 Å². The van der Waals surface area contributed by atoms with Crippen molar-refractivity contribution >= 4 is 11.8 Å². The van der Waals surface area contributed by atoms with Crippen LogP contribution in [0.25, 0.3) is 27.3 Å². The van der Waals surface area contributed by atoms with Crippen molar-refractivity contribution in [3.05, 3.63) is 51.1 Å². The van der Waals surface area contributed by atoms with E-state index in [2.05, 4.69) is 11.4 Å². The molecule has 1 aromatic carbocycles. The fraction of sp³-hybridized carbons (Fsp3) is 0.846. The maximum Gasteiger partial charge on any atom is 1.00 e. The molecule has 0 amide bonds. The van der Waals surface area contributed by atoms with Crippen LogP contribution in [0, 0.1) is 17.8 Å². The van der Waals surface area contributed by atoms with Gasteiger partial charge in [-0.05, 0) is 30.9 Å². The third kappa shape index (κ3) is 20.5. The number of benzene rings is 1. The number of nitrogens with zero attached hydrogens (tertiary/aromatic N) is 4. The zero-order valence-corrected chi connectivity index (χ0v) is 43.8. The molecule has 396 valence electrons. The second kappa shape index (κ2) is 35.7. The standard InChI is InChI=1S/C26H46N2O5.C26H38N2O5.2Ag/c2*1-5-21-7-3-11-27-25(21)23(9-1)32-19-17-30-15-13-29-14-16-31-18-20-33-24-10-2-6-22-8-4-12-28-26(22)24;;/h21-26H,1-20H2;1,3,5,7,9,22,24,26H,2,4,6,8,10-20H2;;/q2*-2;2*+1. The average molecular weight is 1140 g/mol. The first-order chi connectivity index (χ1) is 32.8. The van der Waals surface area contributed by atoms with Crippen LogP contribution in [-0.2, 0) is 87.4 Å². The van der Waals surface area contributed by atoms with Crippen LogP contribution in [0.3, 0.4) is 0 Å². The summed E-state index contributed by atoms with van der Waals surface area (Å²) in [5, 5.41) is 19.0. The fourth-order valence-corrected chi connectivity index (χ4v) is 11.1. The molecule has 0 bridgehead atoms. The van der Waals surface area contributed by atoms with Gasteiger partial charge in [0.25, 0.3) is 0 Å². The van der Waals surface area contributed by atoms with E-state index in [1.807, 2.05) is 24.3 Å². The van der Waals surface area contributed by atoms with Gasteiger partial charge in [0.1, 0.15) is 12.4 Å². The SMILES string of the molecule is C1=Cc2cccc(OCCOCCOCCOCCOC3CCCC4CCC[N-]C43)c2[N-]C1.C1C[N-]C2C(C1)CCCC2OCCOCCOCCOCCOC1CCCC2CCC[N-]C21.[Ag+].[Ag+]. The molecule has 3 saturated heterocycles. The van der Waals surface area contributed by atoms with E-state index in [0.29, 0.717) is 149 Å². The van der Waals surface area contributed by atoms with Gasteiger partial charge in [-0.15, -0.1) is 50.4 Å². The van der Waals surface area contributed by atoms with E-state index in [0.717, 1.165) is 73.7 Å². The van der Waals surface area contributed by atoms with Crippen LogP contribution < -0.4 is 4.74 Å². The van der Waals surface area contributed by atoms with Crippen LogP contribution >= 0.6 is 0 Å². The molecule has 4 aliphatic heterocycles. The van der Waals surface area contributed by atoms with Crippen LogP contribution in [0.2, 0.25) is 0 Å². The second-order valence-corrected chi connectivity index (χ2v) is 18.9. The van der Waals surface area contributed by atoms with Gasteiger partial charge in [-0.3, -0.25) is 0 Å². The predicted octanol–water partition coefficient (Wildman–Crippen LogP) is 9.34. The van der Waals surface area contributed by atoms with Crippen molar-refractivity contribution in [1.82, 2.24) is 0 Å². The van der Waals surface area contributed by atoms with Gasteiger partial charge in [-0.1, -0.05) is 119 Å². The van der Waals surface area contributed by atoms with E-state index in [-0.39, 0.29) is 44.8 Å². The van der Waals surface area contributed by atoms with Crippen molar-refractivity contribution < 1.29 is 92.1 Å². The Morgan fingerprint density at radius 3 is 1.19 bits per heavy atom. The molecule has 0 radical (unpaired) electrons. The predicted molar refractivity (Wildman–Crippen MR) is 259 cm³/mol. The normalized spacial score (nSPS) is 28.4. The molecule has 3 aliphatic carbocycles. The molecule has 3 saturated carbocycles. The minimum Gasteiger partial charge on any atom is -0.678 e. The summed E-state index contributed by atoms with van der Waals surface area (Å²) < 4.78 is 57.9. The third-order valence-corrected chi connectivity index (χ3v) is 14.3. The molecule has 0 aromatic heterocycles. The monoisotopic (exact) mass is 1140 g/mol. The van der Waals surface area contributed by atoms with Gasteiger partial charge in [0.05, 0.1) is 99.1 Å². The van der Waals surface area contributed by atoms with Gasteiger partial charge in [-0.2, -0.15) is 0 Å². The summed E-state index contributed by atoms with van der Waals surface area (Å²) in [6, 6.07) is 7.27. The van der Waals surface area contributed by atoms with Crippen molar-refractivity contribution in [2.75, 3.05) is 132 Å². The van der Waals surface area contributed by atoms with Crippen LogP contribution in [0.5, 0.6) is 5.75 Å². The van der Waals surface area contributed by atoms with Crippen LogP contribution in [0.15, 0.2) is 24.3 Å². The maximum absolute atomic E-state index is 6.11. The van der Waals surface area contributed by atoms with Gasteiger partial charge in [0, 0.05) is 18.3 Å². The molecular formula is C52H84Ag2N4O10-2. The molecule has 1 aromatic rings. The first kappa shape index (κ1) is 58.4. The molecule has 14 nitrogen and oxygen atoms in total. The maximum atomic E-state index is 6.11. The van der Waals surface area contributed by atoms with E-state index < -0.39 is 0 Å². The minimum atomic E-state index is 0. The number of rotatable bonds is 28. The number of ether oxygens (including phenoxy) is 10. The van der Waals surface area contributed by atoms with E-state index in [1.165, 1.54) is 77.0 Å².